The summed E-state index contributed by atoms with van der Waals surface area (Å²) in [6.07, 6.45) is 1.82. The SMILES string of the molecule is COCCOc1ccc(N2C(=S)N[C@@H](c3ccccn3)[C@@H]2c2cc(C)n(-c3ccc(N(C)C)cc3)c2C)cc1Cl. The van der Waals surface area contributed by atoms with Crippen molar-refractivity contribution in [2.45, 2.75) is 25.9 Å². The highest BCUT2D eigenvalue weighted by Crippen LogP contribution is 2.45. The molecule has 0 saturated carbocycles. The quantitative estimate of drug-likeness (QED) is 0.183. The van der Waals surface area contributed by atoms with Gasteiger partial charge in [0.1, 0.15) is 12.4 Å². The second kappa shape index (κ2) is 11.9. The van der Waals surface area contributed by atoms with Gasteiger partial charge in [0.2, 0.25) is 0 Å². The third-order valence-corrected chi connectivity index (χ3v) is 7.86. The van der Waals surface area contributed by atoms with E-state index in [0.717, 1.165) is 39.7 Å². The Balaban J connectivity index is 1.59. The summed E-state index contributed by atoms with van der Waals surface area (Å²) in [6.45, 7) is 5.21. The number of ether oxygens (including phenoxy) is 2. The van der Waals surface area contributed by atoms with Gasteiger partial charge in [-0.15, -0.1) is 0 Å². The molecular weight excluding hydrogens is 542 g/mol. The molecule has 7 nitrogen and oxygen atoms in total. The van der Waals surface area contributed by atoms with Crippen LogP contribution in [0.3, 0.4) is 0 Å². The topological polar surface area (TPSA) is 54.8 Å². The van der Waals surface area contributed by atoms with Gasteiger partial charge in [-0.1, -0.05) is 17.7 Å². The van der Waals surface area contributed by atoms with Crippen molar-refractivity contribution in [3.8, 4) is 11.4 Å². The van der Waals surface area contributed by atoms with Crippen LogP contribution < -0.4 is 19.9 Å². The van der Waals surface area contributed by atoms with E-state index in [0.29, 0.717) is 29.1 Å². The molecule has 0 radical (unpaired) electrons. The van der Waals surface area contributed by atoms with Crippen LogP contribution >= 0.6 is 23.8 Å². The monoisotopic (exact) mass is 575 g/mol. The van der Waals surface area contributed by atoms with Gasteiger partial charge >= 0.3 is 0 Å². The van der Waals surface area contributed by atoms with E-state index < -0.39 is 0 Å². The largest absolute Gasteiger partial charge is 0.490 e. The molecule has 0 aliphatic carbocycles. The maximum atomic E-state index is 6.68. The number of halogens is 1. The summed E-state index contributed by atoms with van der Waals surface area (Å²) in [6, 6.07) is 22.3. The first-order valence-corrected chi connectivity index (χ1v) is 14.0. The average molecular weight is 576 g/mol. The number of nitrogens with one attached hydrogen (secondary N) is 1. The highest BCUT2D eigenvalue weighted by Gasteiger charge is 2.42. The van der Waals surface area contributed by atoms with Crippen molar-refractivity contribution in [1.29, 1.82) is 0 Å². The lowest BCUT2D eigenvalue weighted by molar-refractivity contribution is 0.146. The number of methoxy groups -OCH3 is 1. The van der Waals surface area contributed by atoms with Gasteiger partial charge in [-0.25, -0.2) is 0 Å². The van der Waals surface area contributed by atoms with Gasteiger partial charge in [-0.3, -0.25) is 4.98 Å². The van der Waals surface area contributed by atoms with Crippen LogP contribution in [0.4, 0.5) is 11.4 Å². The number of nitrogens with zero attached hydrogens (tertiary/aromatic N) is 4. The lowest BCUT2D eigenvalue weighted by Crippen LogP contribution is -2.29. The molecule has 2 aromatic carbocycles. The minimum absolute atomic E-state index is 0.153. The molecule has 0 spiro atoms. The fraction of sp³-hybridized carbons (Fsp3) is 0.290. The van der Waals surface area contributed by atoms with Crippen LogP contribution in [-0.4, -0.2) is 49.1 Å². The summed E-state index contributed by atoms with van der Waals surface area (Å²) in [5.74, 6) is 0.609. The molecule has 1 N–H and O–H groups in total. The Morgan fingerprint density at radius 1 is 1.00 bits per heavy atom. The number of anilines is 2. The fourth-order valence-electron chi connectivity index (χ4n) is 5.32. The molecule has 2 aromatic heterocycles. The lowest BCUT2D eigenvalue weighted by atomic mass is 9.96. The first-order chi connectivity index (χ1) is 19.3. The molecule has 3 heterocycles. The van der Waals surface area contributed by atoms with Crippen molar-refractivity contribution >= 4 is 40.3 Å². The molecule has 208 valence electrons. The Morgan fingerprint density at radius 3 is 2.40 bits per heavy atom. The van der Waals surface area contributed by atoms with Crippen LogP contribution in [0, 0.1) is 13.8 Å². The molecule has 9 heteroatoms. The Labute approximate surface area is 246 Å². The van der Waals surface area contributed by atoms with Crippen molar-refractivity contribution in [2.24, 2.45) is 0 Å². The third kappa shape index (κ3) is 5.39. The van der Waals surface area contributed by atoms with Gasteiger partial charge in [-0.05, 0) is 92.3 Å². The van der Waals surface area contributed by atoms with E-state index in [9.17, 15) is 0 Å². The first-order valence-electron chi connectivity index (χ1n) is 13.2. The van der Waals surface area contributed by atoms with Crippen molar-refractivity contribution in [2.75, 3.05) is 44.2 Å². The Hall–Kier alpha value is -3.59. The second-order valence-corrected chi connectivity index (χ2v) is 10.8. The van der Waals surface area contributed by atoms with E-state index in [4.69, 9.17) is 38.3 Å². The summed E-state index contributed by atoms with van der Waals surface area (Å²) in [5.41, 5.74) is 7.51. The highest BCUT2D eigenvalue weighted by atomic mass is 35.5. The smallest absolute Gasteiger partial charge is 0.174 e. The Morgan fingerprint density at radius 2 is 1.75 bits per heavy atom. The summed E-state index contributed by atoms with van der Waals surface area (Å²) in [7, 11) is 5.74. The number of rotatable bonds is 9. The summed E-state index contributed by atoms with van der Waals surface area (Å²) >= 11 is 12.6. The standard InChI is InChI=1S/C31H34ClN5O2S/c1-20-18-25(21(2)36(20)23-11-9-22(10-12-23)35(3)4)30-29(27-8-6-7-15-33-27)34-31(40)37(30)24-13-14-28(26(32)19-24)39-17-16-38-5/h6-15,18-19,29-30H,16-17H2,1-5H3,(H,34,40)/t29-,30-/m0/s1. The van der Waals surface area contributed by atoms with Crippen LogP contribution in [0.25, 0.3) is 5.69 Å². The minimum atomic E-state index is -0.157. The molecule has 4 aromatic rings. The summed E-state index contributed by atoms with van der Waals surface area (Å²) in [5, 5.41) is 4.68. The molecule has 40 heavy (non-hydrogen) atoms. The van der Waals surface area contributed by atoms with Gasteiger partial charge in [0, 0.05) is 55.9 Å². The van der Waals surface area contributed by atoms with E-state index in [1.54, 1.807) is 7.11 Å². The molecule has 2 atom stereocenters. The summed E-state index contributed by atoms with van der Waals surface area (Å²) in [4.78, 5) is 8.94. The Bertz CT molecular complexity index is 1490. The predicted octanol–water partition coefficient (Wildman–Crippen LogP) is 6.41. The van der Waals surface area contributed by atoms with Gasteiger partial charge in [0.15, 0.2) is 5.11 Å². The van der Waals surface area contributed by atoms with E-state index in [-0.39, 0.29) is 12.1 Å². The van der Waals surface area contributed by atoms with Gasteiger partial charge in [0.05, 0.1) is 29.4 Å². The maximum Gasteiger partial charge on any atom is 0.174 e. The van der Waals surface area contributed by atoms with Crippen molar-refractivity contribution in [1.82, 2.24) is 14.9 Å². The molecule has 5 rings (SSSR count). The van der Waals surface area contributed by atoms with E-state index in [2.05, 4.69) is 63.9 Å². The first kappa shape index (κ1) is 28.0. The van der Waals surface area contributed by atoms with Crippen LogP contribution in [0.5, 0.6) is 5.75 Å². The van der Waals surface area contributed by atoms with Gasteiger partial charge in [-0.2, -0.15) is 0 Å². The normalized spacial score (nSPS) is 16.8. The average Bonchev–Trinajstić information content (AvgIpc) is 3.44. The maximum absolute atomic E-state index is 6.68. The second-order valence-electron chi connectivity index (χ2n) is 10.0. The lowest BCUT2D eigenvalue weighted by Gasteiger charge is -2.28. The number of hydrogen-bond acceptors (Lipinski definition) is 5. The van der Waals surface area contributed by atoms with E-state index in [1.165, 1.54) is 0 Å². The van der Waals surface area contributed by atoms with Crippen LogP contribution in [-0.2, 0) is 4.74 Å². The zero-order valence-electron chi connectivity index (χ0n) is 23.4. The number of aryl methyl sites for hydroxylation is 1. The number of aromatic nitrogens is 2. The zero-order chi connectivity index (χ0) is 28.4. The number of pyridine rings is 1. The van der Waals surface area contributed by atoms with Crippen molar-refractivity contribution in [3.05, 3.63) is 101 Å². The number of thiocarbonyl (C=S) groups is 1. The highest BCUT2D eigenvalue weighted by molar-refractivity contribution is 7.80. The van der Waals surface area contributed by atoms with E-state index in [1.807, 2.05) is 56.7 Å². The van der Waals surface area contributed by atoms with Gasteiger partial charge in [0.25, 0.3) is 0 Å². The third-order valence-electron chi connectivity index (χ3n) is 7.25. The molecule has 1 saturated heterocycles. The van der Waals surface area contributed by atoms with Gasteiger partial charge < -0.3 is 29.2 Å². The molecular formula is C31H34ClN5O2S. The van der Waals surface area contributed by atoms with Crippen LogP contribution in [0.1, 0.15) is 34.7 Å². The molecule has 1 aliphatic heterocycles. The predicted molar refractivity (Wildman–Crippen MR) is 166 cm³/mol. The molecule has 1 aliphatic rings. The van der Waals surface area contributed by atoms with Crippen molar-refractivity contribution in [3.63, 3.8) is 0 Å². The van der Waals surface area contributed by atoms with E-state index >= 15 is 0 Å². The van der Waals surface area contributed by atoms with Crippen LogP contribution in [0.2, 0.25) is 5.02 Å². The summed E-state index contributed by atoms with van der Waals surface area (Å²) < 4.78 is 13.2. The number of hydrogen-bond donors (Lipinski definition) is 1. The number of benzene rings is 2. The minimum Gasteiger partial charge on any atom is -0.490 e. The molecule has 0 amide bonds. The Kier molecular flexibility index (Phi) is 8.30. The fourth-order valence-corrected chi connectivity index (χ4v) is 5.90. The molecule has 1 fully saturated rings. The zero-order valence-corrected chi connectivity index (χ0v) is 25.0. The molecule has 0 bridgehead atoms. The van der Waals surface area contributed by atoms with Crippen LogP contribution in [0.15, 0.2) is 72.9 Å². The van der Waals surface area contributed by atoms with Crippen molar-refractivity contribution < 1.29 is 9.47 Å². The molecule has 0 unspecified atom stereocenters.